The van der Waals surface area contributed by atoms with Gasteiger partial charge in [-0.25, -0.2) is 14.8 Å². The summed E-state index contributed by atoms with van der Waals surface area (Å²) >= 11 is 0. The zero-order valence-corrected chi connectivity index (χ0v) is 36.5. The molecule has 0 radical (unpaired) electrons. The van der Waals surface area contributed by atoms with E-state index in [0.29, 0.717) is 5.69 Å². The first-order valence-corrected chi connectivity index (χ1v) is 20.3. The summed E-state index contributed by atoms with van der Waals surface area (Å²) in [6, 6.07) is 26.7. The monoisotopic (exact) mass is 770 g/mol. The number of benzene rings is 2. The zero-order chi connectivity index (χ0) is 41.9. The average molecular weight is 771 g/mol. The number of hydrogen-bond donors (Lipinski definition) is 2. The van der Waals surface area contributed by atoms with E-state index in [0.717, 1.165) is 67.0 Å². The molecule has 2 aliphatic heterocycles. The van der Waals surface area contributed by atoms with Crippen molar-refractivity contribution in [2.24, 2.45) is 0 Å². The summed E-state index contributed by atoms with van der Waals surface area (Å²) in [6.07, 6.45) is 9.45. The van der Waals surface area contributed by atoms with Crippen molar-refractivity contribution in [3.8, 4) is 22.3 Å². The minimum Gasteiger partial charge on any atom is -0.466 e. The van der Waals surface area contributed by atoms with Crippen LogP contribution in [0.1, 0.15) is 128 Å². The van der Waals surface area contributed by atoms with E-state index >= 15 is 0 Å². The van der Waals surface area contributed by atoms with Gasteiger partial charge in [-0.2, -0.15) is 0 Å². The van der Waals surface area contributed by atoms with Crippen molar-refractivity contribution >= 4 is 51.8 Å². The summed E-state index contributed by atoms with van der Waals surface area (Å²) in [5.74, 6) is -0.432. The Morgan fingerprint density at radius 1 is 0.569 bits per heavy atom. The van der Waals surface area contributed by atoms with Crippen molar-refractivity contribution < 1.29 is 9.53 Å². The highest BCUT2D eigenvalue weighted by Crippen LogP contribution is 2.40. The summed E-state index contributed by atoms with van der Waals surface area (Å²) in [6.45, 7) is 27.1. The largest absolute Gasteiger partial charge is 0.466 e. The van der Waals surface area contributed by atoms with Gasteiger partial charge >= 0.3 is 5.97 Å². The molecule has 8 bridgehead atoms. The number of H-pyrrole nitrogens is 2. The highest BCUT2D eigenvalue weighted by atomic mass is 16.5. The van der Waals surface area contributed by atoms with Crippen molar-refractivity contribution in [3.63, 3.8) is 0 Å². The standard InChI is InChI=1S/C52H58N4O2/c1-49(2,3)34-22-32(23-35(27-34)50(4,5)6)47-41-18-15-38(53-41)29-39-16-19-43(54-39)48(33-24-36(51(7,8)9)28-37(25-33)52(10,11)12)45-26-31(14-21-46(57)58-13)44(56-45)30-40-17-20-42(47)55-40/h14-30,53-54H,1-13H3. The van der Waals surface area contributed by atoms with Crippen LogP contribution in [0.5, 0.6) is 0 Å². The molecule has 3 aromatic heterocycles. The third-order valence-electron chi connectivity index (χ3n) is 11.1. The lowest BCUT2D eigenvalue weighted by Gasteiger charge is -2.26. The highest BCUT2D eigenvalue weighted by Gasteiger charge is 2.25. The van der Waals surface area contributed by atoms with Crippen LogP contribution in [-0.2, 0) is 31.2 Å². The van der Waals surface area contributed by atoms with Crippen LogP contribution < -0.4 is 0 Å². The van der Waals surface area contributed by atoms with Crippen molar-refractivity contribution in [1.29, 1.82) is 0 Å². The molecule has 0 aliphatic carbocycles. The number of aromatic nitrogens is 4. The number of carbonyl (C=O) groups excluding carboxylic acids is 1. The van der Waals surface area contributed by atoms with Gasteiger partial charge in [-0.3, -0.25) is 0 Å². The Morgan fingerprint density at radius 2 is 1.03 bits per heavy atom. The highest BCUT2D eigenvalue weighted by molar-refractivity contribution is 5.99. The lowest BCUT2D eigenvalue weighted by Crippen LogP contribution is -2.16. The Labute approximate surface area is 344 Å². The number of nitrogens with zero attached hydrogens (tertiary/aromatic N) is 2. The van der Waals surface area contributed by atoms with Crippen LogP contribution in [-0.4, -0.2) is 33.0 Å². The molecule has 2 N–H and O–H groups in total. The number of aromatic amines is 2. The lowest BCUT2D eigenvalue weighted by molar-refractivity contribution is -0.134. The molecule has 298 valence electrons. The first kappa shape index (κ1) is 40.4. The fourth-order valence-corrected chi connectivity index (χ4v) is 7.40. The van der Waals surface area contributed by atoms with Crippen LogP contribution >= 0.6 is 0 Å². The molecule has 7 rings (SSSR count). The molecule has 0 fully saturated rings. The van der Waals surface area contributed by atoms with Crippen molar-refractivity contribution in [2.75, 3.05) is 7.11 Å². The summed E-state index contributed by atoms with van der Waals surface area (Å²) < 4.78 is 5.00. The second-order valence-corrected chi connectivity index (χ2v) is 19.9. The summed E-state index contributed by atoms with van der Waals surface area (Å²) in [7, 11) is 1.39. The summed E-state index contributed by atoms with van der Waals surface area (Å²) in [5.41, 5.74) is 16.7. The predicted molar refractivity (Wildman–Crippen MR) is 245 cm³/mol. The van der Waals surface area contributed by atoms with E-state index in [4.69, 9.17) is 14.7 Å². The fourth-order valence-electron chi connectivity index (χ4n) is 7.40. The maximum absolute atomic E-state index is 12.4. The SMILES string of the molecule is COC(=O)C=CC1=Cc2nc1cc1nc(c(-c3cc(C(C)(C)C)cc(C(C)(C)C)c3)c3ccc(cc4ccc([nH]4)c2-c2cc(C(C)(C)C)cc(C(C)(C)C)c2)[nH]3)C=C1. The smallest absolute Gasteiger partial charge is 0.330 e. The molecular weight excluding hydrogens is 713 g/mol. The molecule has 2 aliphatic rings. The molecular formula is C52H58N4O2. The van der Waals surface area contributed by atoms with Crippen LogP contribution in [0.15, 0.2) is 84.9 Å². The molecule has 5 heterocycles. The zero-order valence-electron chi connectivity index (χ0n) is 36.5. The van der Waals surface area contributed by atoms with Crippen LogP contribution in [0, 0.1) is 0 Å². The van der Waals surface area contributed by atoms with E-state index in [1.807, 2.05) is 12.1 Å². The van der Waals surface area contributed by atoms with Crippen LogP contribution in [0.3, 0.4) is 0 Å². The van der Waals surface area contributed by atoms with Gasteiger partial charge in [0, 0.05) is 44.8 Å². The Hall–Kier alpha value is -5.75. The average Bonchev–Trinajstić information content (AvgIpc) is 3.95. The van der Waals surface area contributed by atoms with E-state index in [1.54, 1.807) is 6.08 Å². The second-order valence-electron chi connectivity index (χ2n) is 19.9. The number of esters is 1. The van der Waals surface area contributed by atoms with E-state index in [9.17, 15) is 4.79 Å². The van der Waals surface area contributed by atoms with E-state index in [2.05, 4.69) is 172 Å². The predicted octanol–water partition coefficient (Wildman–Crippen LogP) is 13.3. The molecule has 0 unspecified atom stereocenters. The van der Waals surface area contributed by atoms with Gasteiger partial charge in [-0.05, 0) is 116 Å². The van der Waals surface area contributed by atoms with Crippen molar-refractivity contribution in [1.82, 2.24) is 19.9 Å². The van der Waals surface area contributed by atoms with Gasteiger partial charge in [0.25, 0.3) is 0 Å². The molecule has 6 nitrogen and oxygen atoms in total. The maximum atomic E-state index is 12.4. The minimum absolute atomic E-state index is 0.0548. The van der Waals surface area contributed by atoms with Gasteiger partial charge in [-0.15, -0.1) is 0 Å². The third-order valence-corrected chi connectivity index (χ3v) is 11.1. The van der Waals surface area contributed by atoms with Gasteiger partial charge in [0.15, 0.2) is 0 Å². The topological polar surface area (TPSA) is 83.7 Å². The second kappa shape index (κ2) is 14.6. The Bertz CT molecular complexity index is 2640. The van der Waals surface area contributed by atoms with Crippen LogP contribution in [0.25, 0.3) is 68.1 Å². The molecule has 2 aromatic carbocycles. The molecule has 0 saturated heterocycles. The molecule has 58 heavy (non-hydrogen) atoms. The number of allylic oxidation sites excluding steroid dienone is 2. The normalized spacial score (nSPS) is 13.6. The van der Waals surface area contributed by atoms with Gasteiger partial charge in [0.1, 0.15) is 0 Å². The van der Waals surface area contributed by atoms with Gasteiger partial charge in [-0.1, -0.05) is 119 Å². The van der Waals surface area contributed by atoms with Crippen molar-refractivity contribution in [3.05, 3.63) is 130 Å². The minimum atomic E-state index is -0.432. The van der Waals surface area contributed by atoms with E-state index in [-0.39, 0.29) is 21.7 Å². The number of hydrogen-bond acceptors (Lipinski definition) is 4. The van der Waals surface area contributed by atoms with Crippen LogP contribution in [0.2, 0.25) is 0 Å². The van der Waals surface area contributed by atoms with Gasteiger partial charge in [0.05, 0.1) is 29.9 Å². The fraction of sp³-hybridized carbons (Fsp3) is 0.327. The molecule has 0 spiro atoms. The number of rotatable bonds is 4. The van der Waals surface area contributed by atoms with Gasteiger partial charge in [0.2, 0.25) is 0 Å². The van der Waals surface area contributed by atoms with Crippen molar-refractivity contribution in [2.45, 2.75) is 105 Å². The number of nitrogens with one attached hydrogen (secondary N) is 2. The lowest BCUT2D eigenvalue weighted by atomic mass is 9.78. The summed E-state index contributed by atoms with van der Waals surface area (Å²) in [5, 5.41) is 0. The molecule has 0 saturated carbocycles. The Balaban J connectivity index is 1.60. The maximum Gasteiger partial charge on any atom is 0.330 e. The van der Waals surface area contributed by atoms with E-state index in [1.165, 1.54) is 35.4 Å². The number of fused-ring (bicyclic) bond motifs is 8. The molecule has 6 heteroatoms. The Kier molecular flexibility index (Phi) is 10.2. The van der Waals surface area contributed by atoms with E-state index < -0.39 is 5.97 Å². The first-order valence-electron chi connectivity index (χ1n) is 20.3. The van der Waals surface area contributed by atoms with Gasteiger partial charge < -0.3 is 14.7 Å². The summed E-state index contributed by atoms with van der Waals surface area (Å²) in [4.78, 5) is 30.6. The number of carbonyl (C=O) groups is 1. The van der Waals surface area contributed by atoms with Crippen LogP contribution in [0.4, 0.5) is 0 Å². The molecule has 0 atom stereocenters. The number of ether oxygens (including phenoxy) is 1. The Morgan fingerprint density at radius 3 is 1.48 bits per heavy atom. The third kappa shape index (κ3) is 8.43. The molecule has 5 aromatic rings. The first-order chi connectivity index (χ1) is 27.1. The quantitative estimate of drug-likeness (QED) is 0.138. The number of methoxy groups -OCH3 is 1. The molecule has 0 amide bonds.